The van der Waals surface area contributed by atoms with Crippen LogP contribution in [0.4, 0.5) is 13.2 Å². The van der Waals surface area contributed by atoms with Crippen LogP contribution < -0.4 is 0 Å². The van der Waals surface area contributed by atoms with Gasteiger partial charge in [-0.25, -0.2) is 0 Å². The molecule has 0 nitrogen and oxygen atoms in total. The fraction of sp³-hybridized carbons (Fsp3) is 0.250. The minimum Gasteiger partial charge on any atom is -0.166 e. The highest BCUT2D eigenvalue weighted by Gasteiger charge is 2.30. The van der Waals surface area contributed by atoms with Crippen molar-refractivity contribution in [3.63, 3.8) is 0 Å². The van der Waals surface area contributed by atoms with Gasteiger partial charge in [-0.15, -0.1) is 0 Å². The van der Waals surface area contributed by atoms with Gasteiger partial charge in [-0.3, -0.25) is 0 Å². The van der Waals surface area contributed by atoms with Crippen LogP contribution in [0.15, 0.2) is 30.4 Å². The Morgan fingerprint density at radius 3 is 2.27 bits per heavy atom. The van der Waals surface area contributed by atoms with E-state index >= 15 is 0 Å². The molecule has 0 saturated carbocycles. The Bertz CT molecular complexity index is 184. The number of allylic oxidation sites excluding steroid dienone is 5. The molecule has 0 saturated heterocycles. The van der Waals surface area contributed by atoms with E-state index in [1.54, 1.807) is 6.92 Å². The second kappa shape index (κ2) is 4.01. The smallest absolute Gasteiger partial charge is 0.166 e. The van der Waals surface area contributed by atoms with Crippen molar-refractivity contribution in [1.82, 2.24) is 0 Å². The van der Waals surface area contributed by atoms with E-state index in [-0.39, 0.29) is 0 Å². The van der Waals surface area contributed by atoms with Gasteiger partial charge in [0.05, 0.1) is 5.57 Å². The van der Waals surface area contributed by atoms with Crippen molar-refractivity contribution in [2.75, 3.05) is 0 Å². The van der Waals surface area contributed by atoms with Crippen molar-refractivity contribution in [3.8, 4) is 0 Å². The zero-order valence-electron chi connectivity index (χ0n) is 6.07. The number of halogens is 3. The van der Waals surface area contributed by atoms with E-state index < -0.39 is 11.7 Å². The Hall–Kier alpha value is -0.990. The topological polar surface area (TPSA) is 0 Å². The van der Waals surface area contributed by atoms with Crippen LogP contribution in [0.1, 0.15) is 6.92 Å². The Labute approximate surface area is 63.7 Å². The van der Waals surface area contributed by atoms with Crippen molar-refractivity contribution in [2.24, 2.45) is 0 Å². The minimum atomic E-state index is -4.32. The average Bonchev–Trinajstić information content (AvgIpc) is 1.87. The van der Waals surface area contributed by atoms with E-state index in [0.717, 1.165) is 12.2 Å². The maximum Gasteiger partial charge on any atom is 0.416 e. The molecule has 0 rings (SSSR count). The first kappa shape index (κ1) is 10.0. The minimum absolute atomic E-state index is 0.760. The predicted octanol–water partition coefficient (Wildman–Crippen LogP) is 3.04. The van der Waals surface area contributed by atoms with Crippen molar-refractivity contribution in [1.29, 1.82) is 0 Å². The summed E-state index contributed by atoms with van der Waals surface area (Å²) in [5, 5.41) is 0. The van der Waals surface area contributed by atoms with Gasteiger partial charge in [0, 0.05) is 0 Å². The number of hydrogen-bond donors (Lipinski definition) is 0. The van der Waals surface area contributed by atoms with Gasteiger partial charge in [0.1, 0.15) is 0 Å². The third-order valence-corrected chi connectivity index (χ3v) is 0.953. The normalized spacial score (nSPS) is 14.0. The summed E-state index contributed by atoms with van der Waals surface area (Å²) < 4.78 is 35.6. The quantitative estimate of drug-likeness (QED) is 0.546. The molecule has 0 N–H and O–H groups in total. The zero-order chi connectivity index (χ0) is 8.91. The molecule has 0 bridgehead atoms. The highest BCUT2D eigenvalue weighted by atomic mass is 19.4. The van der Waals surface area contributed by atoms with Gasteiger partial charge in [0.25, 0.3) is 0 Å². The van der Waals surface area contributed by atoms with E-state index in [0.29, 0.717) is 0 Å². The van der Waals surface area contributed by atoms with E-state index in [1.165, 1.54) is 6.08 Å². The lowest BCUT2D eigenvalue weighted by Crippen LogP contribution is -2.09. The molecule has 0 fully saturated rings. The van der Waals surface area contributed by atoms with E-state index in [9.17, 15) is 13.2 Å². The molecule has 0 aliphatic rings. The third-order valence-electron chi connectivity index (χ3n) is 0.953. The van der Waals surface area contributed by atoms with Crippen LogP contribution in [0.2, 0.25) is 0 Å². The van der Waals surface area contributed by atoms with Crippen molar-refractivity contribution in [2.45, 2.75) is 13.1 Å². The Kier molecular flexibility index (Phi) is 3.65. The lowest BCUT2D eigenvalue weighted by atomic mass is 10.2. The molecule has 0 aliphatic heterocycles. The Morgan fingerprint density at radius 1 is 1.45 bits per heavy atom. The first-order chi connectivity index (χ1) is 5.02. The second-order valence-electron chi connectivity index (χ2n) is 1.76. The van der Waals surface area contributed by atoms with Crippen LogP contribution in [0.5, 0.6) is 0 Å². The summed E-state index contributed by atoms with van der Waals surface area (Å²) in [6.07, 6.45) is 1.02. The van der Waals surface area contributed by atoms with Gasteiger partial charge in [-0.2, -0.15) is 13.2 Å². The first-order valence-electron chi connectivity index (χ1n) is 2.96. The maximum absolute atomic E-state index is 11.9. The Morgan fingerprint density at radius 2 is 2.00 bits per heavy atom. The average molecular weight is 161 g/mol. The van der Waals surface area contributed by atoms with Crippen molar-refractivity contribution in [3.05, 3.63) is 36.5 Å². The summed E-state index contributed by atoms with van der Waals surface area (Å²) in [5.74, 6) is 0. The van der Waals surface area contributed by atoms with Crippen LogP contribution in [0.3, 0.4) is 0 Å². The molecule has 1 radical (unpaired) electrons. The molecular formula is C8H8F3. The third kappa shape index (κ3) is 3.65. The molecule has 61 valence electrons. The van der Waals surface area contributed by atoms with Gasteiger partial charge < -0.3 is 0 Å². The molecule has 0 heterocycles. The van der Waals surface area contributed by atoms with E-state index in [2.05, 4.69) is 12.7 Å². The molecule has 0 aromatic heterocycles. The zero-order valence-corrected chi connectivity index (χ0v) is 6.07. The van der Waals surface area contributed by atoms with E-state index in [4.69, 9.17) is 0 Å². The summed E-state index contributed by atoms with van der Waals surface area (Å²) in [6.45, 7) is 4.63. The molecule has 0 aromatic carbocycles. The van der Waals surface area contributed by atoms with Crippen LogP contribution in [0, 0.1) is 6.08 Å². The molecule has 0 aliphatic carbocycles. The molecule has 0 spiro atoms. The van der Waals surface area contributed by atoms with Gasteiger partial charge in [-0.05, 0) is 19.1 Å². The van der Waals surface area contributed by atoms with Gasteiger partial charge in [0.2, 0.25) is 0 Å². The fourth-order valence-electron chi connectivity index (χ4n) is 0.430. The Balaban J connectivity index is 4.53. The predicted molar refractivity (Wildman–Crippen MR) is 37.8 cm³/mol. The van der Waals surface area contributed by atoms with Crippen molar-refractivity contribution < 1.29 is 13.2 Å². The van der Waals surface area contributed by atoms with Gasteiger partial charge in [-0.1, -0.05) is 18.7 Å². The lowest BCUT2D eigenvalue weighted by molar-refractivity contribution is -0.0881. The fourth-order valence-corrected chi connectivity index (χ4v) is 0.430. The molecule has 0 aromatic rings. The summed E-state index contributed by atoms with van der Waals surface area (Å²) >= 11 is 0. The van der Waals surface area contributed by atoms with E-state index in [1.807, 2.05) is 0 Å². The second-order valence-corrected chi connectivity index (χ2v) is 1.76. The molecule has 0 amide bonds. The highest BCUT2D eigenvalue weighted by molar-refractivity contribution is 5.24. The van der Waals surface area contributed by atoms with Crippen LogP contribution in [0.25, 0.3) is 0 Å². The first-order valence-corrected chi connectivity index (χ1v) is 2.96. The maximum atomic E-state index is 11.9. The van der Waals surface area contributed by atoms with Crippen molar-refractivity contribution >= 4 is 0 Å². The van der Waals surface area contributed by atoms with Gasteiger partial charge in [0.15, 0.2) is 0 Å². The highest BCUT2D eigenvalue weighted by Crippen LogP contribution is 2.25. The number of hydrogen-bond acceptors (Lipinski definition) is 0. The summed E-state index contributed by atoms with van der Waals surface area (Å²) in [6, 6.07) is 0. The molecule has 11 heavy (non-hydrogen) atoms. The monoisotopic (exact) mass is 161 g/mol. The summed E-state index contributed by atoms with van der Waals surface area (Å²) in [5.41, 5.74) is -0.782. The summed E-state index contributed by atoms with van der Waals surface area (Å²) in [7, 11) is 0. The van der Waals surface area contributed by atoms with Crippen LogP contribution in [-0.4, -0.2) is 6.18 Å². The molecule has 0 unspecified atom stereocenters. The lowest BCUT2D eigenvalue weighted by Gasteiger charge is -2.04. The summed E-state index contributed by atoms with van der Waals surface area (Å²) in [4.78, 5) is 0. The molecule has 3 heteroatoms. The van der Waals surface area contributed by atoms with Gasteiger partial charge >= 0.3 is 6.18 Å². The number of alkyl halides is 3. The molecular weight excluding hydrogens is 153 g/mol. The molecule has 0 atom stereocenters. The van der Waals surface area contributed by atoms with Crippen LogP contribution >= 0.6 is 0 Å². The largest absolute Gasteiger partial charge is 0.416 e. The SMILES string of the molecule is C=CC(=C/[C]=C/C)C(F)(F)F. The number of rotatable bonds is 2. The standard InChI is InChI=1S/C8H8F3/c1-3-5-6-7(4-2)8(9,10)11/h3-4,6H,2H2,1H3. The van der Waals surface area contributed by atoms with Crippen LogP contribution in [-0.2, 0) is 0 Å².